The summed E-state index contributed by atoms with van der Waals surface area (Å²) >= 11 is 6.13. The fraction of sp³-hybridized carbons (Fsp3) is 0.250. The van der Waals surface area contributed by atoms with Crippen molar-refractivity contribution in [1.29, 1.82) is 0 Å². The Hall–Kier alpha value is -1.28. The van der Waals surface area contributed by atoms with E-state index in [4.69, 9.17) is 11.6 Å². The number of benzene rings is 1. The Bertz CT molecular complexity index is 474. The topological polar surface area (TPSA) is 17.8 Å². The summed E-state index contributed by atoms with van der Waals surface area (Å²) < 4.78 is 1.79. The number of halogens is 1. The number of aromatic nitrogens is 2. The van der Waals surface area contributed by atoms with Crippen LogP contribution in [0.1, 0.15) is 18.2 Å². The van der Waals surface area contributed by atoms with Crippen molar-refractivity contribution in [2.45, 2.75) is 20.3 Å². The van der Waals surface area contributed by atoms with Gasteiger partial charge in [-0.05, 0) is 31.0 Å². The number of hydrogen-bond donors (Lipinski definition) is 0. The molecule has 0 atom stereocenters. The van der Waals surface area contributed by atoms with Crippen LogP contribution in [0.4, 0.5) is 0 Å². The minimum absolute atomic E-state index is 0.668. The van der Waals surface area contributed by atoms with Crippen LogP contribution in [0.3, 0.4) is 0 Å². The second-order valence-electron chi connectivity index (χ2n) is 3.51. The van der Waals surface area contributed by atoms with Gasteiger partial charge < -0.3 is 0 Å². The van der Waals surface area contributed by atoms with Gasteiger partial charge in [-0.3, -0.25) is 0 Å². The number of hydrogen-bond acceptors (Lipinski definition) is 1. The van der Waals surface area contributed by atoms with E-state index in [1.54, 1.807) is 4.68 Å². The monoisotopic (exact) mass is 220 g/mol. The third kappa shape index (κ3) is 1.90. The van der Waals surface area contributed by atoms with E-state index in [0.29, 0.717) is 5.15 Å². The Morgan fingerprint density at radius 2 is 2.07 bits per heavy atom. The highest BCUT2D eigenvalue weighted by molar-refractivity contribution is 6.29. The molecule has 1 heterocycles. The molecule has 15 heavy (non-hydrogen) atoms. The van der Waals surface area contributed by atoms with E-state index in [1.165, 1.54) is 5.56 Å². The Kier molecular flexibility index (Phi) is 2.78. The SMILES string of the molecule is CCc1cc(Cl)n(-c2ccccc2C)n1. The highest BCUT2D eigenvalue weighted by Crippen LogP contribution is 2.20. The molecule has 1 aromatic heterocycles. The first kappa shape index (κ1) is 10.2. The average molecular weight is 221 g/mol. The van der Waals surface area contributed by atoms with Gasteiger partial charge in [0.05, 0.1) is 11.4 Å². The van der Waals surface area contributed by atoms with Crippen LogP contribution in [0.2, 0.25) is 5.15 Å². The molecule has 0 spiro atoms. The maximum atomic E-state index is 6.13. The summed E-state index contributed by atoms with van der Waals surface area (Å²) in [5.74, 6) is 0. The van der Waals surface area contributed by atoms with Crippen molar-refractivity contribution in [3.8, 4) is 5.69 Å². The van der Waals surface area contributed by atoms with Crippen LogP contribution in [-0.2, 0) is 6.42 Å². The van der Waals surface area contributed by atoms with Crippen molar-refractivity contribution in [1.82, 2.24) is 9.78 Å². The van der Waals surface area contributed by atoms with Crippen LogP contribution in [0.15, 0.2) is 30.3 Å². The van der Waals surface area contributed by atoms with Crippen molar-refractivity contribution in [3.05, 3.63) is 46.7 Å². The molecule has 0 bridgehead atoms. The summed E-state index contributed by atoms with van der Waals surface area (Å²) in [5, 5.41) is 5.11. The summed E-state index contributed by atoms with van der Waals surface area (Å²) in [5.41, 5.74) is 3.23. The third-order valence-corrected chi connectivity index (χ3v) is 2.69. The number of para-hydroxylation sites is 1. The van der Waals surface area contributed by atoms with Gasteiger partial charge in [0.25, 0.3) is 0 Å². The normalized spacial score (nSPS) is 10.6. The molecule has 0 radical (unpaired) electrons. The van der Waals surface area contributed by atoms with E-state index in [1.807, 2.05) is 24.3 Å². The predicted octanol–water partition coefficient (Wildman–Crippen LogP) is 3.40. The first-order chi connectivity index (χ1) is 7.22. The third-order valence-electron chi connectivity index (χ3n) is 2.42. The van der Waals surface area contributed by atoms with Crippen molar-refractivity contribution >= 4 is 11.6 Å². The molecule has 3 heteroatoms. The first-order valence-electron chi connectivity index (χ1n) is 5.03. The summed E-state index contributed by atoms with van der Waals surface area (Å²) in [6.45, 7) is 4.12. The molecule has 0 fully saturated rings. The second-order valence-corrected chi connectivity index (χ2v) is 3.90. The summed E-state index contributed by atoms with van der Waals surface area (Å²) in [4.78, 5) is 0. The number of nitrogens with zero attached hydrogens (tertiary/aromatic N) is 2. The molecular weight excluding hydrogens is 208 g/mol. The van der Waals surface area contributed by atoms with Crippen LogP contribution in [-0.4, -0.2) is 9.78 Å². The largest absolute Gasteiger partial charge is 0.222 e. The lowest BCUT2D eigenvalue weighted by molar-refractivity contribution is 0.836. The predicted molar refractivity (Wildman–Crippen MR) is 62.7 cm³/mol. The Labute approximate surface area is 94.5 Å². The molecule has 2 nitrogen and oxygen atoms in total. The summed E-state index contributed by atoms with van der Waals surface area (Å²) in [6, 6.07) is 9.99. The molecule has 0 N–H and O–H groups in total. The van der Waals surface area contributed by atoms with Gasteiger partial charge in [0, 0.05) is 0 Å². The highest BCUT2D eigenvalue weighted by Gasteiger charge is 2.07. The van der Waals surface area contributed by atoms with Gasteiger partial charge in [0.2, 0.25) is 0 Å². The van der Waals surface area contributed by atoms with Crippen LogP contribution < -0.4 is 0 Å². The minimum Gasteiger partial charge on any atom is -0.222 e. The first-order valence-corrected chi connectivity index (χ1v) is 5.40. The molecule has 0 aliphatic carbocycles. The highest BCUT2D eigenvalue weighted by atomic mass is 35.5. The Morgan fingerprint density at radius 1 is 1.33 bits per heavy atom. The number of aryl methyl sites for hydroxylation is 2. The summed E-state index contributed by atoms with van der Waals surface area (Å²) in [6.07, 6.45) is 0.901. The van der Waals surface area contributed by atoms with Crippen LogP contribution in [0.5, 0.6) is 0 Å². The zero-order valence-corrected chi connectivity index (χ0v) is 9.62. The lowest BCUT2D eigenvalue weighted by Crippen LogP contribution is -1.99. The fourth-order valence-corrected chi connectivity index (χ4v) is 1.80. The molecule has 0 saturated carbocycles. The molecule has 0 amide bonds. The van der Waals surface area contributed by atoms with Crippen molar-refractivity contribution < 1.29 is 0 Å². The Balaban J connectivity index is 2.54. The molecule has 2 rings (SSSR count). The quantitative estimate of drug-likeness (QED) is 0.759. The van der Waals surface area contributed by atoms with Gasteiger partial charge in [-0.2, -0.15) is 5.10 Å². The van der Waals surface area contributed by atoms with Gasteiger partial charge in [-0.25, -0.2) is 4.68 Å². The molecule has 0 unspecified atom stereocenters. The van der Waals surface area contributed by atoms with Gasteiger partial charge >= 0.3 is 0 Å². The van der Waals surface area contributed by atoms with Crippen molar-refractivity contribution in [2.75, 3.05) is 0 Å². The molecule has 1 aromatic carbocycles. The fourth-order valence-electron chi connectivity index (χ4n) is 1.55. The second kappa shape index (κ2) is 4.07. The van der Waals surface area contributed by atoms with E-state index in [9.17, 15) is 0 Å². The van der Waals surface area contributed by atoms with Gasteiger partial charge in [0.1, 0.15) is 5.15 Å². The van der Waals surface area contributed by atoms with Gasteiger partial charge in [0.15, 0.2) is 0 Å². The van der Waals surface area contributed by atoms with Gasteiger partial charge in [-0.15, -0.1) is 0 Å². The zero-order chi connectivity index (χ0) is 10.8. The lowest BCUT2D eigenvalue weighted by Gasteiger charge is -2.05. The zero-order valence-electron chi connectivity index (χ0n) is 8.87. The standard InChI is InChI=1S/C12H13ClN2/c1-3-10-8-12(13)15(14-10)11-7-5-4-6-9(11)2/h4-8H,3H2,1-2H3. The lowest BCUT2D eigenvalue weighted by atomic mass is 10.2. The van der Waals surface area contributed by atoms with Crippen LogP contribution in [0.25, 0.3) is 5.69 Å². The van der Waals surface area contributed by atoms with Crippen LogP contribution in [0, 0.1) is 6.92 Å². The van der Waals surface area contributed by atoms with E-state index in [2.05, 4.69) is 25.0 Å². The van der Waals surface area contributed by atoms with E-state index < -0.39 is 0 Å². The molecule has 78 valence electrons. The minimum atomic E-state index is 0.668. The molecule has 2 aromatic rings. The molecule has 0 saturated heterocycles. The van der Waals surface area contributed by atoms with E-state index in [-0.39, 0.29) is 0 Å². The van der Waals surface area contributed by atoms with E-state index >= 15 is 0 Å². The Morgan fingerprint density at radius 3 is 2.67 bits per heavy atom. The molecular formula is C12H13ClN2. The van der Waals surface area contributed by atoms with Gasteiger partial charge in [-0.1, -0.05) is 36.7 Å². The van der Waals surface area contributed by atoms with E-state index in [0.717, 1.165) is 17.8 Å². The number of rotatable bonds is 2. The molecule has 0 aliphatic heterocycles. The van der Waals surface area contributed by atoms with Crippen molar-refractivity contribution in [3.63, 3.8) is 0 Å². The molecule has 0 aliphatic rings. The maximum Gasteiger partial charge on any atom is 0.133 e. The van der Waals surface area contributed by atoms with Crippen LogP contribution >= 0.6 is 11.6 Å². The smallest absolute Gasteiger partial charge is 0.133 e. The summed E-state index contributed by atoms with van der Waals surface area (Å²) in [7, 11) is 0. The average Bonchev–Trinajstić information content (AvgIpc) is 2.60. The van der Waals surface area contributed by atoms with Crippen molar-refractivity contribution in [2.24, 2.45) is 0 Å². The maximum absolute atomic E-state index is 6.13.